The summed E-state index contributed by atoms with van der Waals surface area (Å²) in [6.07, 6.45) is 2.41. The number of hydrogen-bond acceptors (Lipinski definition) is 2. The molecule has 3 nitrogen and oxygen atoms in total. The Labute approximate surface area is 121 Å². The molecule has 4 heteroatoms. The molecule has 0 aliphatic heterocycles. The highest BCUT2D eigenvalue weighted by Crippen LogP contribution is 2.26. The van der Waals surface area contributed by atoms with Gasteiger partial charge in [-0.25, -0.2) is 0 Å². The van der Waals surface area contributed by atoms with Crippen LogP contribution < -0.4 is 5.32 Å². The Kier molecular flexibility index (Phi) is 6.35. The molecule has 1 N–H and O–H groups in total. The highest BCUT2D eigenvalue weighted by atomic mass is 32.1. The summed E-state index contributed by atoms with van der Waals surface area (Å²) < 4.78 is 0. The van der Waals surface area contributed by atoms with Crippen molar-refractivity contribution in [3.8, 4) is 0 Å². The first-order chi connectivity index (χ1) is 9.01. The van der Waals surface area contributed by atoms with E-state index < -0.39 is 0 Å². The summed E-state index contributed by atoms with van der Waals surface area (Å²) in [6, 6.07) is 4.32. The van der Waals surface area contributed by atoms with Gasteiger partial charge in [0.2, 0.25) is 0 Å². The maximum Gasteiger partial charge on any atom is 0.193 e. The van der Waals surface area contributed by atoms with Crippen LogP contribution in [-0.4, -0.2) is 38.0 Å². The van der Waals surface area contributed by atoms with Gasteiger partial charge in [0, 0.05) is 37.5 Å². The summed E-state index contributed by atoms with van der Waals surface area (Å²) in [6.45, 7) is 8.70. The Bertz CT molecular complexity index is 382. The minimum atomic E-state index is 0.135. The van der Waals surface area contributed by atoms with Crippen LogP contribution in [0.15, 0.2) is 22.5 Å². The molecule has 0 saturated carbocycles. The van der Waals surface area contributed by atoms with Crippen molar-refractivity contribution in [3.05, 3.63) is 22.4 Å². The Morgan fingerprint density at radius 2 is 2.21 bits per heavy atom. The fraction of sp³-hybridized carbons (Fsp3) is 0.667. The predicted octanol–water partition coefficient (Wildman–Crippen LogP) is 3.33. The molecule has 0 aromatic carbocycles. The third-order valence-electron chi connectivity index (χ3n) is 3.30. The predicted molar refractivity (Wildman–Crippen MR) is 86.2 cm³/mol. The van der Waals surface area contributed by atoms with E-state index in [1.807, 2.05) is 18.4 Å². The van der Waals surface area contributed by atoms with Crippen LogP contribution in [0.1, 0.15) is 38.5 Å². The second-order valence-corrected chi connectivity index (χ2v) is 6.48. The SMILES string of the molecule is CCCCN(C)C(=NC)NCC(C)(C)c1cccs1. The van der Waals surface area contributed by atoms with E-state index in [1.54, 1.807) is 0 Å². The van der Waals surface area contributed by atoms with Gasteiger partial charge in [-0.05, 0) is 17.9 Å². The summed E-state index contributed by atoms with van der Waals surface area (Å²) >= 11 is 1.82. The van der Waals surface area contributed by atoms with Gasteiger partial charge in [-0.2, -0.15) is 0 Å². The highest BCUT2D eigenvalue weighted by molar-refractivity contribution is 7.10. The number of rotatable bonds is 6. The summed E-state index contributed by atoms with van der Waals surface area (Å²) in [5, 5.41) is 5.63. The molecule has 0 atom stereocenters. The van der Waals surface area contributed by atoms with Crippen LogP contribution in [0.25, 0.3) is 0 Å². The number of hydrogen-bond donors (Lipinski definition) is 1. The zero-order chi connectivity index (χ0) is 14.3. The summed E-state index contributed by atoms with van der Waals surface area (Å²) in [7, 11) is 3.95. The molecule has 0 amide bonds. The van der Waals surface area contributed by atoms with Crippen LogP contribution in [0.5, 0.6) is 0 Å². The summed E-state index contributed by atoms with van der Waals surface area (Å²) in [4.78, 5) is 7.97. The lowest BCUT2D eigenvalue weighted by molar-refractivity contribution is 0.445. The van der Waals surface area contributed by atoms with Gasteiger partial charge in [-0.1, -0.05) is 33.3 Å². The van der Waals surface area contributed by atoms with E-state index >= 15 is 0 Å². The lowest BCUT2D eigenvalue weighted by Crippen LogP contribution is -2.44. The molecule has 19 heavy (non-hydrogen) atoms. The van der Waals surface area contributed by atoms with Gasteiger partial charge in [0.15, 0.2) is 5.96 Å². The van der Waals surface area contributed by atoms with Crippen LogP contribution in [0.3, 0.4) is 0 Å². The Morgan fingerprint density at radius 3 is 2.74 bits per heavy atom. The maximum absolute atomic E-state index is 4.36. The molecule has 0 unspecified atom stereocenters. The largest absolute Gasteiger partial charge is 0.355 e. The highest BCUT2D eigenvalue weighted by Gasteiger charge is 2.22. The van der Waals surface area contributed by atoms with E-state index in [4.69, 9.17) is 0 Å². The number of thiophene rings is 1. The lowest BCUT2D eigenvalue weighted by atomic mass is 9.91. The van der Waals surface area contributed by atoms with Crippen LogP contribution >= 0.6 is 11.3 Å². The van der Waals surface area contributed by atoms with Crippen molar-refractivity contribution in [1.82, 2.24) is 10.2 Å². The number of nitrogens with one attached hydrogen (secondary N) is 1. The molecular formula is C15H27N3S. The smallest absolute Gasteiger partial charge is 0.193 e. The van der Waals surface area contributed by atoms with Crippen LogP contribution in [0, 0.1) is 0 Å². The summed E-state index contributed by atoms with van der Waals surface area (Å²) in [5.74, 6) is 0.984. The first-order valence-corrected chi connectivity index (χ1v) is 7.85. The molecule has 0 radical (unpaired) electrons. The normalized spacial score (nSPS) is 12.6. The van der Waals surface area contributed by atoms with Crippen molar-refractivity contribution >= 4 is 17.3 Å². The molecule has 0 fully saturated rings. The first-order valence-electron chi connectivity index (χ1n) is 6.97. The van der Waals surface area contributed by atoms with Crippen molar-refractivity contribution in [1.29, 1.82) is 0 Å². The van der Waals surface area contributed by atoms with Crippen molar-refractivity contribution in [3.63, 3.8) is 0 Å². The Balaban J connectivity index is 2.54. The second-order valence-electron chi connectivity index (χ2n) is 5.54. The van der Waals surface area contributed by atoms with E-state index in [0.29, 0.717) is 0 Å². The van der Waals surface area contributed by atoms with E-state index in [2.05, 4.69) is 60.5 Å². The molecule has 0 spiro atoms. The van der Waals surface area contributed by atoms with Gasteiger partial charge in [0.05, 0.1) is 0 Å². The number of aliphatic imine (C=N–C) groups is 1. The fourth-order valence-corrected chi connectivity index (χ4v) is 2.79. The molecule has 1 rings (SSSR count). The average molecular weight is 281 g/mol. The van der Waals surface area contributed by atoms with Crippen molar-refractivity contribution < 1.29 is 0 Å². The quantitative estimate of drug-likeness (QED) is 0.640. The molecule has 1 aromatic heterocycles. The number of unbranched alkanes of at least 4 members (excludes halogenated alkanes) is 1. The molecule has 0 aliphatic rings. The number of guanidine groups is 1. The zero-order valence-corrected chi connectivity index (χ0v) is 13.7. The van der Waals surface area contributed by atoms with Gasteiger partial charge in [-0.15, -0.1) is 11.3 Å². The standard InChI is InChI=1S/C15H27N3S/c1-6-7-10-18(5)14(16-4)17-12-15(2,3)13-9-8-11-19-13/h8-9,11H,6-7,10,12H2,1-5H3,(H,16,17). The second kappa shape index (κ2) is 7.53. The van der Waals surface area contributed by atoms with Gasteiger partial charge < -0.3 is 10.2 Å². The molecule has 0 bridgehead atoms. The van der Waals surface area contributed by atoms with Crippen LogP contribution in [-0.2, 0) is 5.41 Å². The Morgan fingerprint density at radius 1 is 1.47 bits per heavy atom. The van der Waals surface area contributed by atoms with E-state index in [-0.39, 0.29) is 5.41 Å². The van der Waals surface area contributed by atoms with Gasteiger partial charge in [-0.3, -0.25) is 4.99 Å². The molecule has 0 aliphatic carbocycles. The average Bonchev–Trinajstić information content (AvgIpc) is 2.91. The zero-order valence-electron chi connectivity index (χ0n) is 12.9. The molecule has 1 heterocycles. The van der Waals surface area contributed by atoms with E-state index in [9.17, 15) is 0 Å². The molecule has 108 valence electrons. The molecule has 0 saturated heterocycles. The topological polar surface area (TPSA) is 27.6 Å². The van der Waals surface area contributed by atoms with E-state index in [1.165, 1.54) is 17.7 Å². The monoisotopic (exact) mass is 281 g/mol. The van der Waals surface area contributed by atoms with Crippen molar-refractivity contribution in [2.75, 3.05) is 27.2 Å². The van der Waals surface area contributed by atoms with Crippen molar-refractivity contribution in [2.24, 2.45) is 4.99 Å². The van der Waals surface area contributed by atoms with Gasteiger partial charge >= 0.3 is 0 Å². The third kappa shape index (κ3) is 4.86. The number of nitrogens with zero attached hydrogens (tertiary/aromatic N) is 2. The molecular weight excluding hydrogens is 254 g/mol. The van der Waals surface area contributed by atoms with Gasteiger partial charge in [0.25, 0.3) is 0 Å². The minimum absolute atomic E-state index is 0.135. The fourth-order valence-electron chi connectivity index (χ4n) is 1.94. The first kappa shape index (κ1) is 16.0. The summed E-state index contributed by atoms with van der Waals surface area (Å²) in [5.41, 5.74) is 0.135. The van der Waals surface area contributed by atoms with Gasteiger partial charge in [0.1, 0.15) is 0 Å². The molecule has 1 aromatic rings. The van der Waals surface area contributed by atoms with Crippen LogP contribution in [0.2, 0.25) is 0 Å². The van der Waals surface area contributed by atoms with Crippen molar-refractivity contribution in [2.45, 2.75) is 39.0 Å². The minimum Gasteiger partial charge on any atom is -0.355 e. The Hall–Kier alpha value is -1.03. The van der Waals surface area contributed by atoms with Crippen LogP contribution in [0.4, 0.5) is 0 Å². The lowest BCUT2D eigenvalue weighted by Gasteiger charge is -2.28. The van der Waals surface area contributed by atoms with E-state index in [0.717, 1.165) is 19.0 Å². The maximum atomic E-state index is 4.36. The third-order valence-corrected chi connectivity index (χ3v) is 4.53.